The molecule has 0 spiro atoms. The number of aliphatic hydroxyl groups is 1. The Labute approximate surface area is 42.4 Å². The molecule has 1 atom stereocenters. The van der Waals surface area contributed by atoms with Crippen molar-refractivity contribution >= 4 is 0 Å². The largest absolute Gasteiger partial charge is 0.488 e. The first kappa shape index (κ1) is 4.65. The molecule has 0 aromatic carbocycles. The van der Waals surface area contributed by atoms with E-state index in [9.17, 15) is 0 Å². The van der Waals surface area contributed by atoms with Gasteiger partial charge in [0, 0.05) is 0 Å². The van der Waals surface area contributed by atoms with Crippen molar-refractivity contribution < 1.29 is 9.84 Å². The van der Waals surface area contributed by atoms with E-state index in [4.69, 9.17) is 9.84 Å². The third-order valence-electron chi connectivity index (χ3n) is 0.799. The lowest BCUT2D eigenvalue weighted by atomic mass is 10.4. The highest BCUT2D eigenvalue weighted by Crippen LogP contribution is 2.11. The average Bonchev–Trinajstić information content (AvgIpc) is 1.87. The summed E-state index contributed by atoms with van der Waals surface area (Å²) in [5, 5.41) is 8.64. The summed E-state index contributed by atoms with van der Waals surface area (Å²) in [5.41, 5.74) is 0. The number of hydrogen-bond acceptors (Lipinski definition) is 2. The van der Waals surface area contributed by atoms with E-state index in [1.54, 1.807) is 13.0 Å². The van der Waals surface area contributed by atoms with Crippen LogP contribution < -0.4 is 0 Å². The van der Waals surface area contributed by atoms with Gasteiger partial charge in [-0.05, 0) is 13.0 Å². The van der Waals surface area contributed by atoms with E-state index < -0.39 is 6.10 Å². The lowest BCUT2D eigenvalue weighted by molar-refractivity contribution is 0.192. The molecule has 39 valence electrons. The Balaban J connectivity index is 2.50. The summed E-state index contributed by atoms with van der Waals surface area (Å²) >= 11 is 0. The van der Waals surface area contributed by atoms with E-state index in [-0.39, 0.29) is 0 Å². The predicted octanol–water partition coefficient (Wildman–Crippen LogP) is 0.443. The fourth-order valence-corrected chi connectivity index (χ4v) is 0.496. The zero-order valence-corrected chi connectivity index (χ0v) is 4.09. The second-order valence-corrected chi connectivity index (χ2v) is 1.52. The molecule has 1 aliphatic rings. The van der Waals surface area contributed by atoms with Gasteiger partial charge in [0.2, 0.25) is 0 Å². The van der Waals surface area contributed by atoms with Crippen molar-refractivity contribution in [3.8, 4) is 0 Å². The number of aliphatic hydroxyl groups excluding tert-OH is 1. The van der Waals surface area contributed by atoms with E-state index in [0.29, 0.717) is 0 Å². The minimum absolute atomic E-state index is 0.486. The molecule has 0 fully saturated rings. The fourth-order valence-electron chi connectivity index (χ4n) is 0.496. The van der Waals surface area contributed by atoms with Gasteiger partial charge in [0.1, 0.15) is 6.10 Å². The van der Waals surface area contributed by atoms with Gasteiger partial charge < -0.3 is 9.84 Å². The van der Waals surface area contributed by atoms with Crippen LogP contribution >= 0.6 is 0 Å². The number of rotatable bonds is 0. The van der Waals surface area contributed by atoms with E-state index in [2.05, 4.69) is 0 Å². The maximum absolute atomic E-state index is 8.64. The average molecular weight is 99.1 g/mol. The molecule has 1 heterocycles. The predicted molar refractivity (Wildman–Crippen MR) is 25.1 cm³/mol. The summed E-state index contributed by atoms with van der Waals surface area (Å²) in [6.07, 6.45) is 1.15. The molecule has 1 aliphatic heterocycles. The van der Waals surface area contributed by atoms with Crippen LogP contribution in [0.5, 0.6) is 0 Å². The highest BCUT2D eigenvalue weighted by Gasteiger charge is 2.09. The van der Waals surface area contributed by atoms with Crippen molar-refractivity contribution in [2.24, 2.45) is 0 Å². The summed E-state index contributed by atoms with van der Waals surface area (Å²) in [6.45, 7) is 3.18. The Bertz CT molecular complexity index is 96.3. The van der Waals surface area contributed by atoms with Crippen molar-refractivity contribution in [3.63, 3.8) is 0 Å². The van der Waals surface area contributed by atoms with Crippen LogP contribution in [0.4, 0.5) is 0 Å². The van der Waals surface area contributed by atoms with Gasteiger partial charge in [-0.3, -0.25) is 0 Å². The van der Waals surface area contributed by atoms with Crippen LogP contribution in [-0.4, -0.2) is 11.2 Å². The van der Waals surface area contributed by atoms with Crippen molar-refractivity contribution in [1.29, 1.82) is 0 Å². The molecule has 1 radical (unpaired) electrons. The molecule has 0 aromatic rings. The molecule has 0 aliphatic carbocycles. The van der Waals surface area contributed by atoms with E-state index in [0.717, 1.165) is 5.76 Å². The Kier molecular flexibility index (Phi) is 1.02. The molecule has 1 rings (SSSR count). The van der Waals surface area contributed by atoms with Gasteiger partial charge in [0.15, 0.2) is 6.61 Å². The Morgan fingerprint density at radius 3 is 2.71 bits per heavy atom. The van der Waals surface area contributed by atoms with Crippen LogP contribution in [0.25, 0.3) is 0 Å². The van der Waals surface area contributed by atoms with Crippen LogP contribution in [0.2, 0.25) is 0 Å². The maximum atomic E-state index is 8.64. The topological polar surface area (TPSA) is 29.5 Å². The third-order valence-corrected chi connectivity index (χ3v) is 0.799. The number of ether oxygens (including phenoxy) is 1. The quantitative estimate of drug-likeness (QED) is 0.477. The van der Waals surface area contributed by atoms with Crippen LogP contribution in [0.15, 0.2) is 11.8 Å². The molecule has 2 nitrogen and oxygen atoms in total. The summed E-state index contributed by atoms with van der Waals surface area (Å²) < 4.78 is 4.75. The summed E-state index contributed by atoms with van der Waals surface area (Å²) in [7, 11) is 0. The lowest BCUT2D eigenvalue weighted by Gasteiger charge is -1.91. The Hall–Kier alpha value is -0.500. The first-order valence-corrected chi connectivity index (χ1v) is 2.15. The van der Waals surface area contributed by atoms with Gasteiger partial charge in [-0.15, -0.1) is 0 Å². The molecule has 1 N–H and O–H groups in total. The summed E-state index contributed by atoms with van der Waals surface area (Å²) in [6, 6.07) is 0. The molecular weight excluding hydrogens is 92.1 g/mol. The van der Waals surface area contributed by atoms with Gasteiger partial charge in [0.25, 0.3) is 0 Å². The molecule has 0 aromatic heterocycles. The van der Waals surface area contributed by atoms with Crippen molar-refractivity contribution in [2.45, 2.75) is 13.0 Å². The SMILES string of the molecule is CC1=C[C@@H](O)[CH]O1. The lowest BCUT2D eigenvalue weighted by Crippen LogP contribution is -1.95. The van der Waals surface area contributed by atoms with Crippen LogP contribution in [0.1, 0.15) is 6.92 Å². The van der Waals surface area contributed by atoms with E-state index in [1.807, 2.05) is 0 Å². The minimum atomic E-state index is -0.486. The summed E-state index contributed by atoms with van der Waals surface area (Å²) in [5.74, 6) is 0.771. The van der Waals surface area contributed by atoms with Crippen LogP contribution in [-0.2, 0) is 4.74 Å². The molecule has 7 heavy (non-hydrogen) atoms. The van der Waals surface area contributed by atoms with E-state index >= 15 is 0 Å². The maximum Gasteiger partial charge on any atom is 0.167 e. The monoisotopic (exact) mass is 99.0 g/mol. The standard InChI is InChI=1S/C5H7O2/c1-4-2-5(6)3-7-4/h2-3,5-6H,1H3/t5-/m1/s1. The Morgan fingerprint density at radius 1 is 1.86 bits per heavy atom. The molecule has 0 saturated carbocycles. The molecule has 0 unspecified atom stereocenters. The molecule has 2 heteroatoms. The van der Waals surface area contributed by atoms with Gasteiger partial charge in [0.05, 0.1) is 5.76 Å². The molecular formula is C5H7O2. The zero-order valence-electron chi connectivity index (χ0n) is 4.09. The molecule has 0 saturated heterocycles. The second kappa shape index (κ2) is 1.54. The Morgan fingerprint density at radius 2 is 2.57 bits per heavy atom. The molecule has 0 bridgehead atoms. The smallest absolute Gasteiger partial charge is 0.167 e. The van der Waals surface area contributed by atoms with Crippen LogP contribution in [0.3, 0.4) is 0 Å². The van der Waals surface area contributed by atoms with Crippen molar-refractivity contribution in [3.05, 3.63) is 18.4 Å². The fraction of sp³-hybridized carbons (Fsp3) is 0.400. The minimum Gasteiger partial charge on any atom is -0.488 e. The second-order valence-electron chi connectivity index (χ2n) is 1.52. The van der Waals surface area contributed by atoms with Gasteiger partial charge in [-0.2, -0.15) is 0 Å². The zero-order chi connectivity index (χ0) is 5.28. The number of hydrogen-bond donors (Lipinski definition) is 1. The van der Waals surface area contributed by atoms with Crippen molar-refractivity contribution in [1.82, 2.24) is 0 Å². The highest BCUT2D eigenvalue weighted by atomic mass is 16.5. The number of allylic oxidation sites excluding steroid dienone is 1. The highest BCUT2D eigenvalue weighted by molar-refractivity contribution is 5.04. The molecule has 0 amide bonds. The first-order valence-electron chi connectivity index (χ1n) is 2.15. The summed E-state index contributed by atoms with van der Waals surface area (Å²) in [4.78, 5) is 0. The third kappa shape index (κ3) is 0.933. The van der Waals surface area contributed by atoms with Crippen LogP contribution in [0, 0.1) is 6.61 Å². The van der Waals surface area contributed by atoms with Gasteiger partial charge >= 0.3 is 0 Å². The van der Waals surface area contributed by atoms with Crippen molar-refractivity contribution in [2.75, 3.05) is 0 Å². The van der Waals surface area contributed by atoms with Gasteiger partial charge in [-0.25, -0.2) is 0 Å². The normalized spacial score (nSPS) is 29.4. The van der Waals surface area contributed by atoms with Gasteiger partial charge in [-0.1, -0.05) is 0 Å². The van der Waals surface area contributed by atoms with E-state index in [1.165, 1.54) is 6.61 Å². The first-order chi connectivity index (χ1) is 3.29.